The normalized spacial score (nSPS) is 16.2. The van der Waals surface area contributed by atoms with Crippen molar-refractivity contribution in [1.29, 1.82) is 0 Å². The van der Waals surface area contributed by atoms with Crippen LogP contribution in [0.25, 0.3) is 11.4 Å². The summed E-state index contributed by atoms with van der Waals surface area (Å²) in [5.74, 6) is 1.02. The molecule has 25 heavy (non-hydrogen) atoms. The van der Waals surface area contributed by atoms with Crippen LogP contribution >= 0.6 is 0 Å². The van der Waals surface area contributed by atoms with Crippen LogP contribution in [0, 0.1) is 6.92 Å². The molecule has 2 aromatic rings. The van der Waals surface area contributed by atoms with Gasteiger partial charge in [-0.25, -0.2) is 8.42 Å². The fraction of sp³-hybridized carbons (Fsp3) is 0.438. The Morgan fingerprint density at radius 1 is 1.16 bits per heavy atom. The molecule has 1 fully saturated rings. The van der Waals surface area contributed by atoms with Crippen molar-refractivity contribution < 1.29 is 17.7 Å². The molecule has 9 heteroatoms. The molecule has 1 saturated heterocycles. The molecular formula is C16H20N4O4S. The third kappa shape index (κ3) is 4.23. The summed E-state index contributed by atoms with van der Waals surface area (Å²) in [6.07, 6.45) is 1.47. The number of rotatable bonds is 4. The Hall–Kier alpha value is -2.26. The van der Waals surface area contributed by atoms with E-state index in [0.29, 0.717) is 37.9 Å². The molecule has 134 valence electrons. The topological polar surface area (TPSA) is 96.6 Å². The summed E-state index contributed by atoms with van der Waals surface area (Å²) in [5, 5.41) is 3.86. The van der Waals surface area contributed by atoms with Crippen LogP contribution in [0.4, 0.5) is 0 Å². The van der Waals surface area contributed by atoms with Crippen molar-refractivity contribution in [2.45, 2.75) is 13.3 Å². The van der Waals surface area contributed by atoms with Gasteiger partial charge in [0.2, 0.25) is 27.6 Å². The maximum Gasteiger partial charge on any atom is 0.227 e. The second-order valence-corrected chi connectivity index (χ2v) is 8.04. The second-order valence-electron chi connectivity index (χ2n) is 6.05. The van der Waals surface area contributed by atoms with E-state index in [1.807, 2.05) is 24.3 Å². The van der Waals surface area contributed by atoms with Gasteiger partial charge < -0.3 is 9.42 Å². The predicted octanol–water partition coefficient (Wildman–Crippen LogP) is 0.691. The van der Waals surface area contributed by atoms with Gasteiger partial charge in [0.05, 0.1) is 12.7 Å². The molecule has 0 saturated carbocycles. The Balaban J connectivity index is 1.58. The summed E-state index contributed by atoms with van der Waals surface area (Å²) in [6, 6.07) is 7.44. The minimum atomic E-state index is -3.19. The number of hydrogen-bond donors (Lipinski definition) is 0. The van der Waals surface area contributed by atoms with Crippen molar-refractivity contribution >= 4 is 15.9 Å². The Labute approximate surface area is 146 Å². The number of carbonyl (C=O) groups is 1. The first-order valence-electron chi connectivity index (χ1n) is 7.95. The number of amides is 1. The molecule has 1 aliphatic rings. The van der Waals surface area contributed by atoms with Crippen molar-refractivity contribution in [3.05, 3.63) is 35.7 Å². The molecule has 8 nitrogen and oxygen atoms in total. The molecule has 1 amide bonds. The lowest BCUT2D eigenvalue weighted by molar-refractivity contribution is -0.131. The highest BCUT2D eigenvalue weighted by molar-refractivity contribution is 7.88. The molecule has 0 aliphatic carbocycles. The van der Waals surface area contributed by atoms with E-state index in [0.717, 1.165) is 11.1 Å². The summed E-state index contributed by atoms with van der Waals surface area (Å²) >= 11 is 0. The van der Waals surface area contributed by atoms with E-state index in [1.165, 1.54) is 10.6 Å². The maximum atomic E-state index is 12.4. The number of piperazine rings is 1. The Bertz CT molecular complexity index is 853. The maximum absolute atomic E-state index is 12.4. The summed E-state index contributed by atoms with van der Waals surface area (Å²) in [4.78, 5) is 18.3. The number of carbonyl (C=O) groups excluding carboxylic acids is 1. The standard InChI is InChI=1S/C16H20N4O4S/c1-12-17-16(18-24-12)14-5-3-13(4-6-14)11-15(21)19-7-9-20(10-8-19)25(2,22)23/h3-6H,7-11H2,1-2H3. The van der Waals surface area contributed by atoms with Crippen molar-refractivity contribution in [2.75, 3.05) is 32.4 Å². The van der Waals surface area contributed by atoms with Gasteiger partial charge in [-0.1, -0.05) is 29.4 Å². The van der Waals surface area contributed by atoms with Crippen molar-refractivity contribution in [3.8, 4) is 11.4 Å². The van der Waals surface area contributed by atoms with Crippen LogP contribution in [0.2, 0.25) is 0 Å². The zero-order valence-electron chi connectivity index (χ0n) is 14.2. The monoisotopic (exact) mass is 364 g/mol. The largest absolute Gasteiger partial charge is 0.340 e. The lowest BCUT2D eigenvalue weighted by Crippen LogP contribution is -2.50. The van der Waals surface area contributed by atoms with Crippen LogP contribution < -0.4 is 0 Å². The van der Waals surface area contributed by atoms with Gasteiger partial charge in [-0.3, -0.25) is 4.79 Å². The molecule has 2 heterocycles. The average Bonchev–Trinajstić information content (AvgIpc) is 3.01. The SMILES string of the molecule is Cc1nc(-c2ccc(CC(=O)N3CCN(S(C)(=O)=O)CC3)cc2)no1. The smallest absolute Gasteiger partial charge is 0.227 e. The van der Waals surface area contributed by atoms with E-state index in [9.17, 15) is 13.2 Å². The molecule has 0 atom stereocenters. The van der Waals surface area contributed by atoms with Crippen molar-refractivity contribution in [2.24, 2.45) is 0 Å². The number of aryl methyl sites for hydroxylation is 1. The van der Waals surface area contributed by atoms with Crippen molar-refractivity contribution in [1.82, 2.24) is 19.3 Å². The van der Waals surface area contributed by atoms with Crippen LogP contribution in [0.3, 0.4) is 0 Å². The van der Waals surface area contributed by atoms with Gasteiger partial charge in [-0.05, 0) is 5.56 Å². The second kappa shape index (κ2) is 6.93. The molecule has 0 bridgehead atoms. The van der Waals surface area contributed by atoms with Gasteiger partial charge in [-0.2, -0.15) is 9.29 Å². The summed E-state index contributed by atoms with van der Waals surface area (Å²) in [5.41, 5.74) is 1.72. The van der Waals surface area contributed by atoms with E-state index >= 15 is 0 Å². The molecule has 1 aromatic carbocycles. The third-order valence-corrected chi connectivity index (χ3v) is 5.46. The van der Waals surface area contributed by atoms with E-state index < -0.39 is 10.0 Å². The average molecular weight is 364 g/mol. The highest BCUT2D eigenvalue weighted by Gasteiger charge is 2.25. The first-order chi connectivity index (χ1) is 11.8. The number of aromatic nitrogens is 2. The van der Waals surface area contributed by atoms with Crippen LogP contribution in [0.1, 0.15) is 11.5 Å². The lowest BCUT2D eigenvalue weighted by Gasteiger charge is -2.33. The summed E-state index contributed by atoms with van der Waals surface area (Å²) in [6.45, 7) is 3.27. The highest BCUT2D eigenvalue weighted by atomic mass is 32.2. The lowest BCUT2D eigenvalue weighted by atomic mass is 10.1. The van der Waals surface area contributed by atoms with Crippen LogP contribution in [-0.2, 0) is 21.2 Å². The Morgan fingerprint density at radius 3 is 2.32 bits per heavy atom. The summed E-state index contributed by atoms with van der Waals surface area (Å²) in [7, 11) is -3.19. The molecule has 0 unspecified atom stereocenters. The minimum absolute atomic E-state index is 0.00342. The number of benzene rings is 1. The first kappa shape index (κ1) is 17.6. The first-order valence-corrected chi connectivity index (χ1v) is 9.80. The fourth-order valence-electron chi connectivity index (χ4n) is 2.74. The zero-order valence-corrected chi connectivity index (χ0v) is 15.0. The van der Waals surface area contributed by atoms with E-state index in [1.54, 1.807) is 11.8 Å². The van der Waals surface area contributed by atoms with Gasteiger partial charge in [0.15, 0.2) is 0 Å². The van der Waals surface area contributed by atoms with Gasteiger partial charge in [0.1, 0.15) is 0 Å². The van der Waals surface area contributed by atoms with Gasteiger partial charge in [0.25, 0.3) is 0 Å². The molecule has 0 N–H and O–H groups in total. The third-order valence-electron chi connectivity index (χ3n) is 4.16. The van der Waals surface area contributed by atoms with E-state index in [4.69, 9.17) is 4.52 Å². The van der Waals surface area contributed by atoms with Crippen LogP contribution in [0.5, 0.6) is 0 Å². The molecule has 3 rings (SSSR count). The highest BCUT2D eigenvalue weighted by Crippen LogP contribution is 2.17. The zero-order chi connectivity index (χ0) is 18.0. The Morgan fingerprint density at radius 2 is 1.80 bits per heavy atom. The van der Waals surface area contributed by atoms with Gasteiger partial charge in [0, 0.05) is 38.7 Å². The van der Waals surface area contributed by atoms with E-state index in [-0.39, 0.29) is 12.3 Å². The van der Waals surface area contributed by atoms with Crippen LogP contribution in [-0.4, -0.2) is 66.1 Å². The molecule has 0 spiro atoms. The molecule has 1 aromatic heterocycles. The van der Waals surface area contributed by atoms with Crippen molar-refractivity contribution in [3.63, 3.8) is 0 Å². The Kier molecular flexibility index (Phi) is 4.87. The van der Waals surface area contributed by atoms with E-state index in [2.05, 4.69) is 10.1 Å². The fourth-order valence-corrected chi connectivity index (χ4v) is 3.57. The van der Waals surface area contributed by atoms with Crippen LogP contribution in [0.15, 0.2) is 28.8 Å². The number of hydrogen-bond acceptors (Lipinski definition) is 6. The van der Waals surface area contributed by atoms with Gasteiger partial charge in [-0.15, -0.1) is 0 Å². The number of sulfonamides is 1. The molecule has 1 aliphatic heterocycles. The quantitative estimate of drug-likeness (QED) is 0.792. The van der Waals surface area contributed by atoms with Gasteiger partial charge >= 0.3 is 0 Å². The molecular weight excluding hydrogens is 344 g/mol. The number of nitrogens with zero attached hydrogens (tertiary/aromatic N) is 4. The summed E-state index contributed by atoms with van der Waals surface area (Å²) < 4.78 is 29.4. The predicted molar refractivity (Wildman–Crippen MR) is 91.2 cm³/mol. The molecule has 0 radical (unpaired) electrons. The minimum Gasteiger partial charge on any atom is -0.340 e.